The molecule has 2 N–H and O–H groups in total. The SMILES string of the molecule is Cc1ncc(N)cc1C(=O)OCC(F)F. The topological polar surface area (TPSA) is 65.2 Å². The normalized spacial score (nSPS) is 10.4. The average Bonchev–Trinajstić information content (AvgIpc) is 2.18. The van der Waals surface area contributed by atoms with E-state index in [-0.39, 0.29) is 11.3 Å². The number of carbonyl (C=O) groups is 1. The fourth-order valence-corrected chi connectivity index (χ4v) is 0.972. The molecule has 0 fully saturated rings. The summed E-state index contributed by atoms with van der Waals surface area (Å²) in [5.41, 5.74) is 6.18. The lowest BCUT2D eigenvalue weighted by Crippen LogP contribution is -2.13. The predicted octanol–water partition coefficient (Wildman–Crippen LogP) is 1.39. The number of carbonyl (C=O) groups excluding carboxylic acids is 1. The van der Waals surface area contributed by atoms with Gasteiger partial charge in [-0.25, -0.2) is 13.6 Å². The molecule has 15 heavy (non-hydrogen) atoms. The first-order valence-corrected chi connectivity index (χ1v) is 4.18. The Morgan fingerprint density at radius 1 is 1.67 bits per heavy atom. The van der Waals surface area contributed by atoms with Gasteiger partial charge in [-0.1, -0.05) is 0 Å². The van der Waals surface area contributed by atoms with Crippen LogP contribution in [-0.2, 0) is 4.74 Å². The molecular weight excluding hydrogens is 206 g/mol. The minimum atomic E-state index is -2.68. The van der Waals surface area contributed by atoms with Crippen LogP contribution >= 0.6 is 0 Å². The number of nitrogens with zero attached hydrogens (tertiary/aromatic N) is 1. The van der Waals surface area contributed by atoms with E-state index >= 15 is 0 Å². The molecule has 0 bridgehead atoms. The summed E-state index contributed by atoms with van der Waals surface area (Å²) in [6.45, 7) is 0.644. The van der Waals surface area contributed by atoms with E-state index < -0.39 is 19.0 Å². The van der Waals surface area contributed by atoms with Gasteiger partial charge in [0, 0.05) is 0 Å². The number of alkyl halides is 2. The molecule has 82 valence electrons. The number of aryl methyl sites for hydroxylation is 1. The molecule has 4 nitrogen and oxygen atoms in total. The molecule has 0 saturated heterocycles. The molecule has 6 heteroatoms. The number of aromatic nitrogens is 1. The maximum Gasteiger partial charge on any atom is 0.340 e. The Hall–Kier alpha value is -1.72. The number of pyridine rings is 1. The maximum atomic E-state index is 11.8. The van der Waals surface area contributed by atoms with Crippen LogP contribution < -0.4 is 5.73 Å². The van der Waals surface area contributed by atoms with E-state index in [4.69, 9.17) is 5.73 Å². The van der Waals surface area contributed by atoms with Crippen molar-refractivity contribution in [3.05, 3.63) is 23.5 Å². The van der Waals surface area contributed by atoms with Crippen LogP contribution in [0.1, 0.15) is 16.1 Å². The van der Waals surface area contributed by atoms with Gasteiger partial charge < -0.3 is 10.5 Å². The zero-order valence-corrected chi connectivity index (χ0v) is 8.04. The highest BCUT2D eigenvalue weighted by Gasteiger charge is 2.14. The lowest BCUT2D eigenvalue weighted by Gasteiger charge is -2.06. The molecule has 0 aliphatic carbocycles. The minimum Gasteiger partial charge on any atom is -0.456 e. The van der Waals surface area contributed by atoms with Crippen LogP contribution in [0.15, 0.2) is 12.3 Å². The largest absolute Gasteiger partial charge is 0.456 e. The Kier molecular flexibility index (Phi) is 3.54. The predicted molar refractivity (Wildman–Crippen MR) is 49.7 cm³/mol. The van der Waals surface area contributed by atoms with Crippen LogP contribution in [0.3, 0.4) is 0 Å². The number of nitrogens with two attached hydrogens (primary N) is 1. The second-order valence-electron chi connectivity index (χ2n) is 2.89. The first-order chi connectivity index (χ1) is 7.00. The highest BCUT2D eigenvalue weighted by atomic mass is 19.3. The summed E-state index contributed by atoms with van der Waals surface area (Å²) < 4.78 is 27.9. The molecule has 0 unspecified atom stereocenters. The van der Waals surface area contributed by atoms with Crippen molar-refractivity contribution in [3.63, 3.8) is 0 Å². The summed E-state index contributed by atoms with van der Waals surface area (Å²) in [5, 5.41) is 0. The molecule has 0 atom stereocenters. The third-order valence-electron chi connectivity index (χ3n) is 1.67. The van der Waals surface area contributed by atoms with E-state index in [1.54, 1.807) is 6.92 Å². The van der Waals surface area contributed by atoms with E-state index in [0.717, 1.165) is 0 Å². The van der Waals surface area contributed by atoms with Gasteiger partial charge in [-0.2, -0.15) is 0 Å². The Morgan fingerprint density at radius 2 is 2.33 bits per heavy atom. The van der Waals surface area contributed by atoms with Crippen molar-refractivity contribution in [1.82, 2.24) is 4.98 Å². The molecule has 0 radical (unpaired) electrons. The fourth-order valence-electron chi connectivity index (χ4n) is 0.972. The van der Waals surface area contributed by atoms with E-state index in [1.807, 2.05) is 0 Å². The van der Waals surface area contributed by atoms with Gasteiger partial charge in [0.25, 0.3) is 6.43 Å². The summed E-state index contributed by atoms with van der Waals surface area (Å²) in [6.07, 6.45) is -1.30. The minimum absolute atomic E-state index is 0.107. The molecule has 1 aromatic heterocycles. The third kappa shape index (κ3) is 3.16. The highest BCUT2D eigenvalue weighted by molar-refractivity contribution is 5.91. The van der Waals surface area contributed by atoms with Gasteiger partial charge in [-0.15, -0.1) is 0 Å². The maximum absolute atomic E-state index is 11.8. The summed E-state index contributed by atoms with van der Waals surface area (Å²) >= 11 is 0. The zero-order chi connectivity index (χ0) is 11.4. The summed E-state index contributed by atoms with van der Waals surface area (Å²) in [7, 11) is 0. The highest BCUT2D eigenvalue weighted by Crippen LogP contribution is 2.11. The van der Waals surface area contributed by atoms with Gasteiger partial charge in [-0.05, 0) is 13.0 Å². The quantitative estimate of drug-likeness (QED) is 0.775. The summed E-state index contributed by atoms with van der Waals surface area (Å²) in [5.74, 6) is -0.840. The third-order valence-corrected chi connectivity index (χ3v) is 1.67. The van der Waals surface area contributed by atoms with Crippen LogP contribution in [0.4, 0.5) is 14.5 Å². The Balaban J connectivity index is 2.77. The number of anilines is 1. The van der Waals surface area contributed by atoms with Gasteiger partial charge in [-0.3, -0.25) is 4.98 Å². The van der Waals surface area contributed by atoms with Gasteiger partial charge in [0.15, 0.2) is 6.61 Å². The number of ether oxygens (including phenoxy) is 1. The zero-order valence-electron chi connectivity index (χ0n) is 8.04. The van der Waals surface area contributed by atoms with Crippen LogP contribution in [0, 0.1) is 6.92 Å². The van der Waals surface area contributed by atoms with Crippen molar-refractivity contribution >= 4 is 11.7 Å². The Bertz CT molecular complexity index is 369. The van der Waals surface area contributed by atoms with Gasteiger partial charge in [0.05, 0.1) is 23.1 Å². The Morgan fingerprint density at radius 3 is 2.93 bits per heavy atom. The lowest BCUT2D eigenvalue weighted by molar-refractivity contribution is 0.0159. The molecule has 0 amide bonds. The van der Waals surface area contributed by atoms with Crippen LogP contribution in [0.5, 0.6) is 0 Å². The summed E-state index contributed by atoms with van der Waals surface area (Å²) in [4.78, 5) is 15.1. The smallest absolute Gasteiger partial charge is 0.340 e. The van der Waals surface area contributed by atoms with Crippen molar-refractivity contribution < 1.29 is 18.3 Å². The number of rotatable bonds is 3. The molecule has 1 rings (SSSR count). The lowest BCUT2D eigenvalue weighted by atomic mass is 10.2. The van der Waals surface area contributed by atoms with Crippen LogP contribution in [-0.4, -0.2) is 24.0 Å². The van der Waals surface area contributed by atoms with E-state index in [9.17, 15) is 13.6 Å². The molecule has 0 saturated carbocycles. The van der Waals surface area contributed by atoms with Crippen molar-refractivity contribution in [2.45, 2.75) is 13.3 Å². The van der Waals surface area contributed by atoms with Crippen molar-refractivity contribution in [3.8, 4) is 0 Å². The molecule has 0 aliphatic rings. The molecule has 0 spiro atoms. The van der Waals surface area contributed by atoms with E-state index in [1.165, 1.54) is 12.3 Å². The average molecular weight is 216 g/mol. The fraction of sp³-hybridized carbons (Fsp3) is 0.333. The number of nitrogen functional groups attached to an aromatic ring is 1. The van der Waals surface area contributed by atoms with Gasteiger partial charge in [0.2, 0.25) is 0 Å². The van der Waals surface area contributed by atoms with Crippen LogP contribution in [0.25, 0.3) is 0 Å². The number of halogens is 2. The number of esters is 1. The van der Waals surface area contributed by atoms with Crippen molar-refractivity contribution in [2.75, 3.05) is 12.3 Å². The van der Waals surface area contributed by atoms with Crippen molar-refractivity contribution in [1.29, 1.82) is 0 Å². The van der Waals surface area contributed by atoms with Gasteiger partial charge >= 0.3 is 5.97 Å². The van der Waals surface area contributed by atoms with Crippen LogP contribution in [0.2, 0.25) is 0 Å². The Labute approximate surface area is 85.1 Å². The monoisotopic (exact) mass is 216 g/mol. The molecule has 1 aromatic rings. The molecular formula is C9H10F2N2O2. The van der Waals surface area contributed by atoms with Crippen molar-refractivity contribution in [2.24, 2.45) is 0 Å². The first kappa shape index (κ1) is 11.4. The number of hydrogen-bond donors (Lipinski definition) is 1. The second-order valence-corrected chi connectivity index (χ2v) is 2.89. The molecule has 0 aromatic carbocycles. The summed E-state index contributed by atoms with van der Waals surface area (Å²) in [6, 6.07) is 1.34. The first-order valence-electron chi connectivity index (χ1n) is 4.18. The van der Waals surface area contributed by atoms with E-state index in [0.29, 0.717) is 5.69 Å². The molecule has 0 aliphatic heterocycles. The van der Waals surface area contributed by atoms with Gasteiger partial charge in [0.1, 0.15) is 0 Å². The number of hydrogen-bond acceptors (Lipinski definition) is 4. The van der Waals surface area contributed by atoms with E-state index in [2.05, 4.69) is 9.72 Å². The second kappa shape index (κ2) is 4.68. The molecule has 1 heterocycles. The standard InChI is InChI=1S/C9H10F2N2O2/c1-5-7(2-6(12)3-13-5)9(14)15-4-8(10)11/h2-3,8H,4,12H2,1H3.